The first kappa shape index (κ1) is 14.7. The molecule has 5 heteroatoms. The molecule has 0 atom stereocenters. The van der Waals surface area contributed by atoms with Crippen LogP contribution in [0.2, 0.25) is 0 Å². The van der Waals surface area contributed by atoms with Gasteiger partial charge in [0.15, 0.2) is 0 Å². The molecule has 21 heavy (non-hydrogen) atoms. The van der Waals surface area contributed by atoms with E-state index < -0.39 is 0 Å². The van der Waals surface area contributed by atoms with Crippen LogP contribution in [-0.4, -0.2) is 18.4 Å². The summed E-state index contributed by atoms with van der Waals surface area (Å²) in [6, 6.07) is 14.9. The minimum absolute atomic E-state index is 0.0597. The summed E-state index contributed by atoms with van der Waals surface area (Å²) in [4.78, 5) is 22.5. The van der Waals surface area contributed by atoms with Crippen LogP contribution in [0.4, 0.5) is 11.4 Å². The van der Waals surface area contributed by atoms with Crippen LogP contribution >= 0.6 is 0 Å². The number of hydrogen-bond acceptors (Lipinski definition) is 3. The Bertz CT molecular complexity index is 651. The third kappa shape index (κ3) is 3.90. The lowest BCUT2D eigenvalue weighted by Crippen LogP contribution is -2.22. The zero-order chi connectivity index (χ0) is 15.2. The molecule has 2 aromatic rings. The van der Waals surface area contributed by atoms with Crippen molar-refractivity contribution in [1.82, 2.24) is 0 Å². The Hall–Kier alpha value is -2.66. The molecule has 0 heterocycles. The Morgan fingerprint density at radius 3 is 2.29 bits per heavy atom. The second-order valence-corrected chi connectivity index (χ2v) is 4.56. The van der Waals surface area contributed by atoms with Gasteiger partial charge in [-0.15, -0.1) is 0 Å². The second-order valence-electron chi connectivity index (χ2n) is 4.56. The van der Waals surface area contributed by atoms with Crippen LogP contribution < -0.4 is 16.4 Å². The van der Waals surface area contributed by atoms with Crippen molar-refractivity contribution in [2.24, 2.45) is 5.73 Å². The van der Waals surface area contributed by atoms with E-state index in [1.165, 1.54) is 6.92 Å². The highest BCUT2D eigenvalue weighted by Crippen LogP contribution is 2.28. The molecule has 0 aliphatic heterocycles. The van der Waals surface area contributed by atoms with Gasteiger partial charge in [0.2, 0.25) is 11.8 Å². The third-order valence-corrected chi connectivity index (χ3v) is 2.90. The Morgan fingerprint density at radius 1 is 1.00 bits per heavy atom. The molecule has 0 saturated heterocycles. The van der Waals surface area contributed by atoms with E-state index >= 15 is 0 Å². The van der Waals surface area contributed by atoms with Crippen molar-refractivity contribution in [1.29, 1.82) is 0 Å². The Morgan fingerprint density at radius 2 is 1.67 bits per heavy atom. The molecule has 5 nitrogen and oxygen atoms in total. The molecule has 4 N–H and O–H groups in total. The fourth-order valence-electron chi connectivity index (χ4n) is 1.98. The van der Waals surface area contributed by atoms with Crippen molar-refractivity contribution in [2.75, 3.05) is 17.2 Å². The van der Waals surface area contributed by atoms with E-state index in [0.29, 0.717) is 5.69 Å². The van der Waals surface area contributed by atoms with Crippen molar-refractivity contribution in [3.05, 3.63) is 48.5 Å². The highest BCUT2D eigenvalue weighted by Gasteiger charge is 2.07. The van der Waals surface area contributed by atoms with Gasteiger partial charge in [-0.25, -0.2) is 0 Å². The van der Waals surface area contributed by atoms with Gasteiger partial charge in [0.25, 0.3) is 0 Å². The smallest absolute Gasteiger partial charge is 0.238 e. The summed E-state index contributed by atoms with van der Waals surface area (Å²) in [7, 11) is 0. The first-order valence-electron chi connectivity index (χ1n) is 6.57. The SMILES string of the molecule is CC(=O)Nc1ccc(-c2ccccc2NC(=O)CN)cc1. The summed E-state index contributed by atoms with van der Waals surface area (Å²) in [5.41, 5.74) is 8.60. The molecule has 0 radical (unpaired) electrons. The molecule has 2 rings (SSSR count). The van der Waals surface area contributed by atoms with E-state index in [-0.39, 0.29) is 18.4 Å². The molecule has 2 aromatic carbocycles. The second kappa shape index (κ2) is 6.67. The van der Waals surface area contributed by atoms with E-state index in [2.05, 4.69) is 10.6 Å². The van der Waals surface area contributed by atoms with Crippen molar-refractivity contribution >= 4 is 23.2 Å². The number of anilines is 2. The zero-order valence-corrected chi connectivity index (χ0v) is 11.7. The number of rotatable bonds is 4. The topological polar surface area (TPSA) is 84.2 Å². The Kier molecular flexibility index (Phi) is 4.68. The van der Waals surface area contributed by atoms with Crippen molar-refractivity contribution in [3.8, 4) is 11.1 Å². The summed E-state index contributed by atoms with van der Waals surface area (Å²) in [5.74, 6) is -0.351. The quantitative estimate of drug-likeness (QED) is 0.804. The van der Waals surface area contributed by atoms with Crippen LogP contribution in [0.1, 0.15) is 6.92 Å². The maximum absolute atomic E-state index is 11.5. The summed E-state index contributed by atoms with van der Waals surface area (Å²) in [6.45, 7) is 1.40. The zero-order valence-electron chi connectivity index (χ0n) is 11.7. The van der Waals surface area contributed by atoms with E-state index in [0.717, 1.165) is 16.8 Å². The van der Waals surface area contributed by atoms with Gasteiger partial charge >= 0.3 is 0 Å². The maximum atomic E-state index is 11.5. The highest BCUT2D eigenvalue weighted by atomic mass is 16.2. The van der Waals surface area contributed by atoms with Gasteiger partial charge in [-0.2, -0.15) is 0 Å². The number of carbonyl (C=O) groups excluding carboxylic acids is 2. The molecule has 2 amide bonds. The fraction of sp³-hybridized carbons (Fsp3) is 0.125. The molecule has 0 saturated carbocycles. The van der Waals surface area contributed by atoms with Crippen LogP contribution in [0, 0.1) is 0 Å². The van der Waals surface area contributed by atoms with E-state index in [9.17, 15) is 9.59 Å². The molecule has 0 bridgehead atoms. The van der Waals surface area contributed by atoms with Gasteiger partial charge in [0, 0.05) is 23.9 Å². The monoisotopic (exact) mass is 283 g/mol. The van der Waals surface area contributed by atoms with Gasteiger partial charge in [-0.1, -0.05) is 30.3 Å². The predicted octanol–water partition coefficient (Wildman–Crippen LogP) is 2.21. The van der Waals surface area contributed by atoms with Crippen LogP contribution in [0.3, 0.4) is 0 Å². The average molecular weight is 283 g/mol. The molecule has 0 fully saturated rings. The molecule has 0 aliphatic rings. The van der Waals surface area contributed by atoms with Crippen LogP contribution in [-0.2, 0) is 9.59 Å². The fourth-order valence-corrected chi connectivity index (χ4v) is 1.98. The summed E-state index contributed by atoms with van der Waals surface area (Å²) in [5, 5.41) is 5.49. The summed E-state index contributed by atoms with van der Waals surface area (Å²) >= 11 is 0. The third-order valence-electron chi connectivity index (χ3n) is 2.90. The van der Waals surface area contributed by atoms with Crippen LogP contribution in [0.15, 0.2) is 48.5 Å². The molecule has 108 valence electrons. The molecule has 0 aliphatic carbocycles. The van der Waals surface area contributed by atoms with E-state index in [1.54, 1.807) is 0 Å². The number of nitrogens with two attached hydrogens (primary N) is 1. The van der Waals surface area contributed by atoms with Crippen LogP contribution in [0.25, 0.3) is 11.1 Å². The lowest BCUT2D eigenvalue weighted by atomic mass is 10.0. The Balaban J connectivity index is 2.29. The Labute approximate surface area is 123 Å². The molecule has 0 unspecified atom stereocenters. The van der Waals surface area contributed by atoms with Gasteiger partial charge in [-0.05, 0) is 23.8 Å². The number of hydrogen-bond donors (Lipinski definition) is 3. The van der Waals surface area contributed by atoms with Gasteiger partial charge in [-0.3, -0.25) is 9.59 Å². The lowest BCUT2D eigenvalue weighted by Gasteiger charge is -2.11. The predicted molar refractivity (Wildman–Crippen MR) is 83.9 cm³/mol. The number of amides is 2. The highest BCUT2D eigenvalue weighted by molar-refractivity contribution is 5.96. The van der Waals surface area contributed by atoms with Crippen LogP contribution in [0.5, 0.6) is 0 Å². The van der Waals surface area contributed by atoms with E-state index in [1.807, 2.05) is 48.5 Å². The number of para-hydroxylation sites is 1. The number of benzene rings is 2. The van der Waals surface area contributed by atoms with Gasteiger partial charge in [0.05, 0.1) is 6.54 Å². The molecule has 0 spiro atoms. The van der Waals surface area contributed by atoms with Gasteiger partial charge < -0.3 is 16.4 Å². The largest absolute Gasteiger partial charge is 0.326 e. The first-order valence-corrected chi connectivity index (χ1v) is 6.57. The average Bonchev–Trinajstić information content (AvgIpc) is 2.48. The van der Waals surface area contributed by atoms with Crippen molar-refractivity contribution < 1.29 is 9.59 Å². The van der Waals surface area contributed by atoms with E-state index in [4.69, 9.17) is 5.73 Å². The maximum Gasteiger partial charge on any atom is 0.238 e. The first-order chi connectivity index (χ1) is 10.1. The molecular weight excluding hydrogens is 266 g/mol. The minimum atomic E-state index is -0.239. The number of carbonyl (C=O) groups is 2. The summed E-state index contributed by atoms with van der Waals surface area (Å²) in [6.07, 6.45) is 0. The van der Waals surface area contributed by atoms with Crippen molar-refractivity contribution in [3.63, 3.8) is 0 Å². The molecule has 0 aromatic heterocycles. The van der Waals surface area contributed by atoms with Crippen molar-refractivity contribution in [2.45, 2.75) is 6.92 Å². The standard InChI is InChI=1S/C16H17N3O2/c1-11(20)18-13-8-6-12(7-9-13)14-4-2-3-5-15(14)19-16(21)10-17/h2-9H,10,17H2,1H3,(H,18,20)(H,19,21). The van der Waals surface area contributed by atoms with Gasteiger partial charge in [0.1, 0.15) is 0 Å². The molecular formula is C16H17N3O2. The normalized spacial score (nSPS) is 10.0. The minimum Gasteiger partial charge on any atom is -0.326 e. The number of nitrogens with one attached hydrogen (secondary N) is 2. The summed E-state index contributed by atoms with van der Waals surface area (Å²) < 4.78 is 0. The lowest BCUT2D eigenvalue weighted by molar-refractivity contribution is -0.115.